The number of hydrogen-bond donors (Lipinski definition) is 1. The Kier molecular flexibility index (Phi) is 6.33. The van der Waals surface area contributed by atoms with Crippen molar-refractivity contribution < 1.29 is 32.2 Å². The highest BCUT2D eigenvalue weighted by atomic mass is 32.1. The monoisotopic (exact) mass is 468 g/mol. The number of morpholine rings is 1. The summed E-state index contributed by atoms with van der Waals surface area (Å²) in [6, 6.07) is 6.30. The summed E-state index contributed by atoms with van der Waals surface area (Å²) in [4.78, 5) is 23.1. The zero-order valence-electron chi connectivity index (χ0n) is 16.9. The lowest BCUT2D eigenvalue weighted by molar-refractivity contribution is -0.154. The first-order valence-electron chi connectivity index (χ1n) is 9.61. The molecule has 1 aliphatic heterocycles. The molecule has 3 heterocycles. The Hall–Kier alpha value is -3.12. The average Bonchev–Trinajstić information content (AvgIpc) is 3.21. The molecule has 2 aromatic heterocycles. The van der Waals surface area contributed by atoms with Gasteiger partial charge in [-0.15, -0.1) is 0 Å². The van der Waals surface area contributed by atoms with E-state index in [4.69, 9.17) is 9.47 Å². The van der Waals surface area contributed by atoms with Gasteiger partial charge in [0.25, 0.3) is 5.91 Å². The third kappa shape index (κ3) is 5.02. The van der Waals surface area contributed by atoms with Gasteiger partial charge >= 0.3 is 6.18 Å². The van der Waals surface area contributed by atoms with Crippen molar-refractivity contribution in [1.82, 2.24) is 9.97 Å². The van der Waals surface area contributed by atoms with Gasteiger partial charge in [-0.3, -0.25) is 10.1 Å². The van der Waals surface area contributed by atoms with Gasteiger partial charge in [-0.05, 0) is 18.2 Å². The van der Waals surface area contributed by atoms with E-state index in [-0.39, 0.29) is 11.4 Å². The van der Waals surface area contributed by atoms with Crippen LogP contribution in [-0.2, 0) is 4.74 Å². The maximum absolute atomic E-state index is 12.7. The van der Waals surface area contributed by atoms with E-state index < -0.39 is 18.7 Å². The van der Waals surface area contributed by atoms with Crippen LogP contribution in [0.5, 0.6) is 11.6 Å². The quantitative estimate of drug-likeness (QED) is 0.590. The Balaban J connectivity index is 1.57. The molecular formula is C20H19F3N4O4S. The molecule has 1 fully saturated rings. The van der Waals surface area contributed by atoms with Crippen LogP contribution in [0.3, 0.4) is 0 Å². The lowest BCUT2D eigenvalue weighted by Gasteiger charge is -2.29. The molecule has 32 heavy (non-hydrogen) atoms. The van der Waals surface area contributed by atoms with Crippen LogP contribution in [0.1, 0.15) is 10.4 Å². The molecule has 12 heteroatoms. The number of carbonyl (C=O) groups excluding carboxylic acids is 1. The number of methoxy groups -OCH3 is 1. The van der Waals surface area contributed by atoms with E-state index in [9.17, 15) is 18.0 Å². The molecule has 1 aliphatic rings. The van der Waals surface area contributed by atoms with E-state index in [1.165, 1.54) is 23.6 Å². The Morgan fingerprint density at radius 3 is 2.78 bits per heavy atom. The Morgan fingerprint density at radius 2 is 2.06 bits per heavy atom. The molecule has 4 rings (SSSR count). The number of hydrogen-bond acceptors (Lipinski definition) is 8. The summed E-state index contributed by atoms with van der Waals surface area (Å²) in [6.07, 6.45) is -3.29. The normalized spacial score (nSPS) is 14.4. The van der Waals surface area contributed by atoms with Crippen molar-refractivity contribution in [2.75, 3.05) is 50.2 Å². The summed E-state index contributed by atoms with van der Waals surface area (Å²) in [6.45, 7) is 1.22. The molecule has 3 aromatic rings. The maximum atomic E-state index is 12.7. The van der Waals surface area contributed by atoms with Crippen molar-refractivity contribution in [3.63, 3.8) is 0 Å². The molecule has 170 valence electrons. The zero-order chi connectivity index (χ0) is 22.7. The summed E-state index contributed by atoms with van der Waals surface area (Å²) < 4.78 is 53.4. The molecule has 8 nitrogen and oxygen atoms in total. The number of halogens is 3. The lowest BCUT2D eigenvalue weighted by atomic mass is 10.2. The minimum Gasteiger partial charge on any atom is -0.494 e. The first-order valence-corrected chi connectivity index (χ1v) is 10.4. The maximum Gasteiger partial charge on any atom is 0.422 e. The van der Waals surface area contributed by atoms with E-state index in [1.807, 2.05) is 12.1 Å². The summed E-state index contributed by atoms with van der Waals surface area (Å²) >= 11 is 1.29. The highest BCUT2D eigenvalue weighted by Gasteiger charge is 2.29. The second kappa shape index (κ2) is 9.17. The number of aromatic nitrogens is 2. The summed E-state index contributed by atoms with van der Waals surface area (Å²) in [5.41, 5.74) is 1.67. The van der Waals surface area contributed by atoms with Gasteiger partial charge in [0.1, 0.15) is 11.3 Å². The molecule has 1 N–H and O–H groups in total. The van der Waals surface area contributed by atoms with Crippen molar-refractivity contribution in [1.29, 1.82) is 0 Å². The fourth-order valence-electron chi connectivity index (χ4n) is 3.20. The van der Waals surface area contributed by atoms with E-state index in [0.717, 1.165) is 29.5 Å². The fraction of sp³-hybridized carbons (Fsp3) is 0.350. The third-order valence-electron chi connectivity index (χ3n) is 4.66. The Morgan fingerprint density at radius 1 is 1.28 bits per heavy atom. The molecule has 0 saturated carbocycles. The van der Waals surface area contributed by atoms with E-state index in [0.29, 0.717) is 29.6 Å². The number of thiazole rings is 1. The number of pyridine rings is 1. The van der Waals surface area contributed by atoms with E-state index in [2.05, 4.69) is 24.9 Å². The number of nitrogens with one attached hydrogen (secondary N) is 1. The number of benzene rings is 1. The second-order valence-electron chi connectivity index (χ2n) is 6.82. The molecule has 1 amide bonds. The molecule has 1 saturated heterocycles. The van der Waals surface area contributed by atoms with Crippen LogP contribution >= 0.6 is 11.3 Å². The Bertz CT molecular complexity index is 1120. The third-order valence-corrected chi connectivity index (χ3v) is 5.65. The van der Waals surface area contributed by atoms with Crippen molar-refractivity contribution in [2.45, 2.75) is 6.18 Å². The van der Waals surface area contributed by atoms with Gasteiger partial charge in [-0.25, -0.2) is 9.97 Å². The summed E-state index contributed by atoms with van der Waals surface area (Å²) in [5.74, 6) is -0.272. The lowest BCUT2D eigenvalue weighted by Crippen LogP contribution is -2.36. The number of amides is 1. The molecule has 0 atom stereocenters. The number of alkyl halides is 3. The number of rotatable bonds is 6. The summed E-state index contributed by atoms with van der Waals surface area (Å²) in [7, 11) is 1.54. The predicted molar refractivity (Wildman–Crippen MR) is 113 cm³/mol. The standard InChI is InChI=1S/C20H19F3N4O4S/c1-29-14-3-2-13(27-6-8-30-9-7-27)17-16(14)25-19(32-17)26-18(28)12-4-5-24-15(10-12)31-11-20(21,22)23/h2-5,10H,6-9,11H2,1H3,(H,25,26,28). The van der Waals surface area contributed by atoms with Crippen LogP contribution in [0.25, 0.3) is 10.2 Å². The molecule has 0 unspecified atom stereocenters. The number of ether oxygens (including phenoxy) is 3. The highest BCUT2D eigenvalue weighted by molar-refractivity contribution is 7.23. The molecule has 0 bridgehead atoms. The summed E-state index contributed by atoms with van der Waals surface area (Å²) in [5, 5.41) is 3.02. The van der Waals surface area contributed by atoms with Crippen molar-refractivity contribution in [2.24, 2.45) is 0 Å². The van der Waals surface area contributed by atoms with E-state index >= 15 is 0 Å². The predicted octanol–water partition coefficient (Wildman–Crippen LogP) is 3.73. The van der Waals surface area contributed by atoms with Crippen molar-refractivity contribution in [3.8, 4) is 11.6 Å². The molecule has 0 radical (unpaired) electrons. The molecule has 1 aromatic carbocycles. The smallest absolute Gasteiger partial charge is 0.422 e. The van der Waals surface area contributed by atoms with Gasteiger partial charge in [-0.1, -0.05) is 11.3 Å². The van der Waals surface area contributed by atoms with E-state index in [1.54, 1.807) is 7.11 Å². The number of carbonyl (C=O) groups is 1. The van der Waals surface area contributed by atoms with Gasteiger partial charge < -0.3 is 19.1 Å². The first kappa shape index (κ1) is 22.1. The number of nitrogens with zero attached hydrogens (tertiary/aromatic N) is 3. The van der Waals surface area contributed by atoms with Crippen molar-refractivity contribution >= 4 is 38.3 Å². The highest BCUT2D eigenvalue weighted by Crippen LogP contribution is 2.39. The largest absolute Gasteiger partial charge is 0.494 e. The van der Waals surface area contributed by atoms with Crippen LogP contribution in [0.2, 0.25) is 0 Å². The number of fused-ring (bicyclic) bond motifs is 1. The van der Waals surface area contributed by atoms with Crippen LogP contribution < -0.4 is 19.7 Å². The Labute approximate surface area is 184 Å². The SMILES string of the molecule is COc1ccc(N2CCOCC2)c2sc(NC(=O)c3ccnc(OCC(F)(F)F)c3)nc12. The molecule has 0 spiro atoms. The minimum absolute atomic E-state index is 0.0943. The molecule has 0 aliphatic carbocycles. The minimum atomic E-state index is -4.50. The average molecular weight is 468 g/mol. The number of anilines is 2. The van der Waals surface area contributed by atoms with Crippen molar-refractivity contribution in [3.05, 3.63) is 36.0 Å². The van der Waals surface area contributed by atoms with Gasteiger partial charge in [0.15, 0.2) is 11.7 Å². The van der Waals surface area contributed by atoms with Crippen LogP contribution in [0, 0.1) is 0 Å². The van der Waals surface area contributed by atoms with Gasteiger partial charge in [0.05, 0.1) is 30.7 Å². The van der Waals surface area contributed by atoms with Crippen LogP contribution in [0.15, 0.2) is 30.5 Å². The first-order chi connectivity index (χ1) is 15.3. The van der Waals surface area contributed by atoms with Gasteiger partial charge in [0.2, 0.25) is 5.88 Å². The van der Waals surface area contributed by atoms with Crippen LogP contribution in [-0.4, -0.2) is 62.1 Å². The van der Waals surface area contributed by atoms with Gasteiger partial charge in [0, 0.05) is 30.9 Å². The van der Waals surface area contributed by atoms with Crippen LogP contribution in [0.4, 0.5) is 24.0 Å². The fourth-order valence-corrected chi connectivity index (χ4v) is 4.21. The second-order valence-corrected chi connectivity index (χ2v) is 7.82. The zero-order valence-corrected chi connectivity index (χ0v) is 17.8. The molecular weight excluding hydrogens is 449 g/mol. The van der Waals surface area contributed by atoms with Gasteiger partial charge in [-0.2, -0.15) is 13.2 Å². The topological polar surface area (TPSA) is 85.8 Å².